The number of rotatable bonds is 4. The number of fused-ring (bicyclic) bond motifs is 2. The number of hydrogen-bond acceptors (Lipinski definition) is 4. The molecule has 1 aliphatic heterocycles. The van der Waals surface area contributed by atoms with Crippen LogP contribution in [0.2, 0.25) is 0 Å². The number of hydrogen-bond donors (Lipinski definition) is 1. The molecule has 2 heterocycles. The molecule has 29 heavy (non-hydrogen) atoms. The quantitative estimate of drug-likeness (QED) is 0.829. The van der Waals surface area contributed by atoms with Crippen molar-refractivity contribution in [3.05, 3.63) is 59.4 Å². The van der Waals surface area contributed by atoms with Crippen molar-refractivity contribution in [1.29, 1.82) is 0 Å². The molecule has 1 N–H and O–H groups in total. The fraction of sp³-hybridized carbons (Fsp3) is 0.560. The fourth-order valence-corrected chi connectivity index (χ4v) is 5.35. The molecule has 4 rings (SSSR count). The standard InChI is InChI=1S/C25H34N2O2/c1-24(2,3)19-10-11-23(29-4)18(13-19)15-27-16-21-7-5-8-22(17-27)25(21,28)20-9-6-12-26-14-20/h6,9-14,21-22,28H,5,7-8,15-17H2,1-4H3. The highest BCUT2D eigenvalue weighted by molar-refractivity contribution is 5.40. The first-order valence-corrected chi connectivity index (χ1v) is 10.8. The topological polar surface area (TPSA) is 45.6 Å². The Morgan fingerprint density at radius 2 is 1.90 bits per heavy atom. The highest BCUT2D eigenvalue weighted by Crippen LogP contribution is 2.49. The van der Waals surface area contributed by atoms with Crippen LogP contribution in [0, 0.1) is 11.8 Å². The van der Waals surface area contributed by atoms with Gasteiger partial charge in [0.15, 0.2) is 0 Å². The van der Waals surface area contributed by atoms with Gasteiger partial charge in [-0.2, -0.15) is 0 Å². The van der Waals surface area contributed by atoms with Gasteiger partial charge in [0.25, 0.3) is 0 Å². The smallest absolute Gasteiger partial charge is 0.123 e. The molecule has 0 amide bonds. The predicted octanol–water partition coefficient (Wildman–Crippen LogP) is 4.51. The third-order valence-corrected chi connectivity index (χ3v) is 6.97. The molecule has 1 aromatic heterocycles. The van der Waals surface area contributed by atoms with E-state index in [4.69, 9.17) is 4.74 Å². The molecular formula is C25H34N2O2. The monoisotopic (exact) mass is 394 g/mol. The van der Waals surface area contributed by atoms with Crippen LogP contribution in [0.3, 0.4) is 0 Å². The van der Waals surface area contributed by atoms with Crippen LogP contribution >= 0.6 is 0 Å². The van der Waals surface area contributed by atoms with E-state index in [1.54, 1.807) is 13.3 Å². The van der Waals surface area contributed by atoms with Crippen LogP contribution in [-0.4, -0.2) is 35.2 Å². The molecular weight excluding hydrogens is 360 g/mol. The van der Waals surface area contributed by atoms with E-state index in [1.165, 1.54) is 17.5 Å². The van der Waals surface area contributed by atoms with Crippen LogP contribution in [0.1, 0.15) is 56.7 Å². The first-order chi connectivity index (χ1) is 13.8. The predicted molar refractivity (Wildman–Crippen MR) is 116 cm³/mol. The number of pyridine rings is 1. The van der Waals surface area contributed by atoms with E-state index in [1.807, 2.05) is 18.3 Å². The van der Waals surface area contributed by atoms with E-state index in [9.17, 15) is 5.11 Å². The zero-order valence-electron chi connectivity index (χ0n) is 18.2. The first kappa shape index (κ1) is 20.4. The van der Waals surface area contributed by atoms with Gasteiger partial charge in [-0.3, -0.25) is 9.88 Å². The minimum atomic E-state index is -0.750. The number of piperidine rings is 1. The molecule has 4 heteroatoms. The molecule has 1 aromatic carbocycles. The maximum absolute atomic E-state index is 11.8. The summed E-state index contributed by atoms with van der Waals surface area (Å²) in [6, 6.07) is 10.6. The minimum Gasteiger partial charge on any atom is -0.496 e. The highest BCUT2D eigenvalue weighted by Gasteiger charge is 2.51. The zero-order valence-corrected chi connectivity index (χ0v) is 18.2. The van der Waals surface area contributed by atoms with Crippen molar-refractivity contribution in [1.82, 2.24) is 9.88 Å². The lowest BCUT2D eigenvalue weighted by Gasteiger charge is -2.53. The Balaban J connectivity index is 1.59. The van der Waals surface area contributed by atoms with Gasteiger partial charge in [-0.15, -0.1) is 0 Å². The highest BCUT2D eigenvalue weighted by atomic mass is 16.5. The molecule has 0 radical (unpaired) electrons. The molecule has 2 fully saturated rings. The summed E-state index contributed by atoms with van der Waals surface area (Å²) in [5.74, 6) is 1.45. The fourth-order valence-electron chi connectivity index (χ4n) is 5.35. The van der Waals surface area contributed by atoms with E-state index in [2.05, 4.69) is 48.9 Å². The lowest BCUT2D eigenvalue weighted by Crippen LogP contribution is -2.57. The van der Waals surface area contributed by atoms with Crippen LogP contribution in [0.5, 0.6) is 5.75 Å². The summed E-state index contributed by atoms with van der Waals surface area (Å²) in [7, 11) is 1.75. The molecule has 2 aromatic rings. The van der Waals surface area contributed by atoms with E-state index < -0.39 is 5.60 Å². The molecule has 2 unspecified atom stereocenters. The molecule has 156 valence electrons. The summed E-state index contributed by atoms with van der Waals surface area (Å²) >= 11 is 0. The minimum absolute atomic E-state index is 0.111. The molecule has 1 aliphatic carbocycles. The largest absolute Gasteiger partial charge is 0.496 e. The van der Waals surface area contributed by atoms with Crippen molar-refractivity contribution < 1.29 is 9.84 Å². The van der Waals surface area contributed by atoms with E-state index in [0.717, 1.165) is 43.8 Å². The van der Waals surface area contributed by atoms with Gasteiger partial charge in [-0.05, 0) is 36.0 Å². The molecule has 2 atom stereocenters. The molecule has 2 bridgehead atoms. The molecule has 0 spiro atoms. The number of aliphatic hydroxyl groups is 1. The molecule has 2 aliphatic rings. The number of ether oxygens (including phenoxy) is 1. The SMILES string of the molecule is COc1ccc(C(C)(C)C)cc1CN1CC2CCCC(C1)C2(O)c1cccnc1. The Hall–Kier alpha value is -1.91. The lowest BCUT2D eigenvalue weighted by molar-refractivity contribution is -0.148. The zero-order chi connectivity index (χ0) is 20.6. The van der Waals surface area contributed by atoms with Gasteiger partial charge in [0.1, 0.15) is 5.75 Å². The number of likely N-dealkylation sites (tertiary alicyclic amines) is 1. The van der Waals surface area contributed by atoms with Crippen molar-refractivity contribution in [2.75, 3.05) is 20.2 Å². The van der Waals surface area contributed by atoms with Gasteiger partial charge in [0.2, 0.25) is 0 Å². The summed E-state index contributed by atoms with van der Waals surface area (Å²) in [4.78, 5) is 6.80. The van der Waals surface area contributed by atoms with Gasteiger partial charge in [-0.25, -0.2) is 0 Å². The van der Waals surface area contributed by atoms with E-state index in [0.29, 0.717) is 0 Å². The van der Waals surface area contributed by atoms with Crippen molar-refractivity contribution in [2.24, 2.45) is 11.8 Å². The van der Waals surface area contributed by atoms with Crippen molar-refractivity contribution in [3.8, 4) is 5.75 Å². The van der Waals surface area contributed by atoms with Crippen LogP contribution in [0.25, 0.3) is 0 Å². The van der Waals surface area contributed by atoms with Crippen LogP contribution in [0.15, 0.2) is 42.7 Å². The Labute approximate surface area is 174 Å². The normalized spacial score (nSPS) is 27.6. The second-order valence-electron chi connectivity index (χ2n) is 9.86. The average Bonchev–Trinajstić information content (AvgIpc) is 2.69. The lowest BCUT2D eigenvalue weighted by atomic mass is 9.63. The van der Waals surface area contributed by atoms with Crippen LogP contribution < -0.4 is 4.74 Å². The number of aromatic nitrogens is 1. The Bertz CT molecular complexity index is 830. The van der Waals surface area contributed by atoms with Gasteiger partial charge in [0, 0.05) is 55.0 Å². The van der Waals surface area contributed by atoms with Crippen molar-refractivity contribution >= 4 is 0 Å². The maximum Gasteiger partial charge on any atom is 0.123 e. The summed E-state index contributed by atoms with van der Waals surface area (Å²) in [6.07, 6.45) is 6.98. The van der Waals surface area contributed by atoms with Gasteiger partial charge in [-0.1, -0.05) is 45.4 Å². The van der Waals surface area contributed by atoms with E-state index in [-0.39, 0.29) is 17.3 Å². The summed E-state index contributed by atoms with van der Waals surface area (Å²) in [6.45, 7) is 9.42. The number of nitrogens with zero attached hydrogens (tertiary/aromatic N) is 2. The van der Waals surface area contributed by atoms with Crippen LogP contribution in [-0.2, 0) is 17.6 Å². The summed E-state index contributed by atoms with van der Waals surface area (Å²) < 4.78 is 5.67. The van der Waals surface area contributed by atoms with E-state index >= 15 is 0 Å². The first-order valence-electron chi connectivity index (χ1n) is 10.8. The van der Waals surface area contributed by atoms with Crippen molar-refractivity contribution in [3.63, 3.8) is 0 Å². The summed E-state index contributed by atoms with van der Waals surface area (Å²) in [5, 5.41) is 11.8. The summed E-state index contributed by atoms with van der Waals surface area (Å²) in [5.41, 5.74) is 2.92. The molecule has 1 saturated heterocycles. The van der Waals surface area contributed by atoms with Crippen molar-refractivity contribution in [2.45, 2.75) is 57.6 Å². The number of methoxy groups -OCH3 is 1. The Morgan fingerprint density at radius 3 is 2.48 bits per heavy atom. The maximum atomic E-state index is 11.8. The average molecular weight is 395 g/mol. The second-order valence-corrected chi connectivity index (χ2v) is 9.86. The second kappa shape index (κ2) is 7.73. The molecule has 4 nitrogen and oxygen atoms in total. The third kappa shape index (κ3) is 3.80. The Morgan fingerprint density at radius 1 is 1.17 bits per heavy atom. The Kier molecular flexibility index (Phi) is 5.43. The molecule has 1 saturated carbocycles. The number of benzene rings is 1. The van der Waals surface area contributed by atoms with Gasteiger partial charge < -0.3 is 9.84 Å². The van der Waals surface area contributed by atoms with Gasteiger partial charge >= 0.3 is 0 Å². The third-order valence-electron chi connectivity index (χ3n) is 6.97. The van der Waals surface area contributed by atoms with Gasteiger partial charge in [0.05, 0.1) is 12.7 Å². The van der Waals surface area contributed by atoms with Crippen LogP contribution in [0.4, 0.5) is 0 Å².